The molecule has 0 radical (unpaired) electrons. The molecular formula is C26H26FN3O2S. The summed E-state index contributed by atoms with van der Waals surface area (Å²) < 4.78 is 13.5. The van der Waals surface area contributed by atoms with Crippen LogP contribution < -0.4 is 4.90 Å². The van der Waals surface area contributed by atoms with E-state index in [2.05, 4.69) is 28.2 Å². The van der Waals surface area contributed by atoms with Gasteiger partial charge in [0.25, 0.3) is 11.8 Å². The van der Waals surface area contributed by atoms with Gasteiger partial charge in [-0.1, -0.05) is 18.2 Å². The summed E-state index contributed by atoms with van der Waals surface area (Å²) >= 11 is 1.80. The third kappa shape index (κ3) is 4.30. The van der Waals surface area contributed by atoms with E-state index in [1.165, 1.54) is 27.5 Å². The molecule has 2 aromatic carbocycles. The van der Waals surface area contributed by atoms with Gasteiger partial charge in [-0.25, -0.2) is 4.39 Å². The van der Waals surface area contributed by atoms with Crippen molar-refractivity contribution in [3.63, 3.8) is 0 Å². The summed E-state index contributed by atoms with van der Waals surface area (Å²) in [5.41, 5.74) is 3.92. The molecule has 3 aromatic rings. The Morgan fingerprint density at radius 1 is 0.970 bits per heavy atom. The fraction of sp³-hybridized carbons (Fsp3) is 0.308. The minimum atomic E-state index is -0.314. The maximum Gasteiger partial charge on any atom is 0.263 e. The molecule has 2 aliphatic rings. The molecule has 5 rings (SSSR count). The van der Waals surface area contributed by atoms with Gasteiger partial charge in [0.1, 0.15) is 5.82 Å². The van der Waals surface area contributed by atoms with Gasteiger partial charge in [-0.15, -0.1) is 11.3 Å². The number of carbonyl (C=O) groups excluding carboxylic acids is 2. The van der Waals surface area contributed by atoms with Crippen LogP contribution in [0.4, 0.5) is 10.1 Å². The third-order valence-electron chi connectivity index (χ3n) is 6.54. The molecule has 1 saturated heterocycles. The molecule has 33 heavy (non-hydrogen) atoms. The molecule has 170 valence electrons. The van der Waals surface area contributed by atoms with Gasteiger partial charge >= 0.3 is 0 Å². The van der Waals surface area contributed by atoms with Gasteiger partial charge in [-0.2, -0.15) is 0 Å². The Hall–Kier alpha value is -3.03. The summed E-state index contributed by atoms with van der Waals surface area (Å²) in [4.78, 5) is 33.6. The average molecular weight is 464 g/mol. The van der Waals surface area contributed by atoms with Crippen LogP contribution in [0.2, 0.25) is 0 Å². The van der Waals surface area contributed by atoms with Crippen molar-refractivity contribution in [2.75, 3.05) is 37.6 Å². The van der Waals surface area contributed by atoms with E-state index in [1.54, 1.807) is 23.5 Å². The Bertz CT molecular complexity index is 1200. The molecule has 7 heteroatoms. The summed E-state index contributed by atoms with van der Waals surface area (Å²) in [5.74, 6) is -0.829. The van der Waals surface area contributed by atoms with Crippen molar-refractivity contribution in [2.24, 2.45) is 0 Å². The van der Waals surface area contributed by atoms with Crippen LogP contribution in [0.3, 0.4) is 0 Å². The summed E-state index contributed by atoms with van der Waals surface area (Å²) in [7, 11) is 0. The van der Waals surface area contributed by atoms with Gasteiger partial charge < -0.3 is 4.90 Å². The second-order valence-corrected chi connectivity index (χ2v) is 9.63. The number of rotatable bonds is 6. The number of benzene rings is 2. The highest BCUT2D eigenvalue weighted by Gasteiger charge is 2.38. The molecule has 0 saturated carbocycles. The average Bonchev–Trinajstić information content (AvgIpc) is 3.33. The Morgan fingerprint density at radius 3 is 2.48 bits per heavy atom. The Labute approximate surface area is 197 Å². The van der Waals surface area contributed by atoms with Crippen LogP contribution in [0, 0.1) is 12.7 Å². The molecular weight excluding hydrogens is 437 g/mol. The van der Waals surface area contributed by atoms with E-state index in [-0.39, 0.29) is 24.2 Å². The number of nitrogens with zero attached hydrogens (tertiary/aromatic N) is 3. The highest BCUT2D eigenvalue weighted by Crippen LogP contribution is 2.32. The molecule has 1 aromatic heterocycles. The highest BCUT2D eigenvalue weighted by atomic mass is 32.1. The number of fused-ring (bicyclic) bond motifs is 1. The largest absolute Gasteiger partial charge is 0.368 e. The lowest BCUT2D eigenvalue weighted by molar-refractivity contribution is 0.0656. The predicted molar refractivity (Wildman–Crippen MR) is 128 cm³/mol. The predicted octanol–water partition coefficient (Wildman–Crippen LogP) is 4.36. The van der Waals surface area contributed by atoms with E-state index in [0.717, 1.165) is 44.0 Å². The molecule has 0 unspecified atom stereocenters. The van der Waals surface area contributed by atoms with Crippen LogP contribution >= 0.6 is 11.3 Å². The topological polar surface area (TPSA) is 43.9 Å². The fourth-order valence-corrected chi connectivity index (χ4v) is 5.58. The van der Waals surface area contributed by atoms with Gasteiger partial charge in [0.05, 0.1) is 16.8 Å². The first-order valence-electron chi connectivity index (χ1n) is 11.2. The van der Waals surface area contributed by atoms with Gasteiger partial charge in [0.15, 0.2) is 0 Å². The molecule has 0 bridgehead atoms. The first-order chi connectivity index (χ1) is 16.0. The van der Waals surface area contributed by atoms with E-state index in [1.807, 2.05) is 18.2 Å². The Balaban J connectivity index is 1.28. The van der Waals surface area contributed by atoms with Gasteiger partial charge in [-0.05, 0) is 60.2 Å². The minimum absolute atomic E-state index is 0.239. The van der Waals surface area contributed by atoms with Gasteiger partial charge in [0, 0.05) is 44.1 Å². The standard InChI is InChI=1S/C26H26FN3O2S/c1-18-9-15-33-23(18)17-28-11-13-29(14-12-28)22-7-3-6-21-24(22)26(32)30(25(21)31)10-8-19-4-2-5-20(27)16-19/h2-7,9,15-16H,8,10-14,17H2,1H3. The molecule has 0 aliphatic carbocycles. The number of halogens is 1. The molecule has 1 fully saturated rings. The van der Waals surface area contributed by atoms with E-state index in [0.29, 0.717) is 17.5 Å². The van der Waals surface area contributed by atoms with E-state index in [4.69, 9.17) is 0 Å². The fourth-order valence-electron chi connectivity index (χ4n) is 4.63. The number of imide groups is 1. The highest BCUT2D eigenvalue weighted by molar-refractivity contribution is 7.10. The van der Waals surface area contributed by atoms with Crippen molar-refractivity contribution in [3.05, 3.63) is 86.9 Å². The SMILES string of the molecule is Cc1ccsc1CN1CCN(c2cccc3c2C(=O)N(CCc2cccc(F)c2)C3=O)CC1. The van der Waals surface area contributed by atoms with E-state index < -0.39 is 0 Å². The smallest absolute Gasteiger partial charge is 0.263 e. The zero-order chi connectivity index (χ0) is 22.9. The number of hydrogen-bond donors (Lipinski definition) is 0. The second kappa shape index (κ2) is 9.08. The quantitative estimate of drug-likeness (QED) is 0.510. The van der Waals surface area contributed by atoms with E-state index >= 15 is 0 Å². The zero-order valence-corrected chi connectivity index (χ0v) is 19.4. The van der Waals surface area contributed by atoms with Crippen LogP contribution in [-0.4, -0.2) is 54.3 Å². The summed E-state index contributed by atoms with van der Waals surface area (Å²) in [6.45, 7) is 6.78. The molecule has 3 heterocycles. The molecule has 2 aliphatic heterocycles. The number of thiophene rings is 1. The molecule has 0 spiro atoms. The number of aryl methyl sites for hydroxylation is 1. The normalized spacial score (nSPS) is 16.5. The van der Waals surface area contributed by atoms with Crippen molar-refractivity contribution in [2.45, 2.75) is 19.9 Å². The van der Waals surface area contributed by atoms with Crippen LogP contribution in [0.1, 0.15) is 36.7 Å². The second-order valence-electron chi connectivity index (χ2n) is 8.63. The maximum atomic E-state index is 13.5. The lowest BCUT2D eigenvalue weighted by atomic mass is 10.1. The summed E-state index contributed by atoms with van der Waals surface area (Å²) in [6, 6.07) is 14.0. The van der Waals surface area contributed by atoms with Crippen molar-refractivity contribution in [1.82, 2.24) is 9.80 Å². The number of anilines is 1. The van der Waals surface area contributed by atoms with E-state index in [9.17, 15) is 14.0 Å². The number of amides is 2. The summed E-state index contributed by atoms with van der Waals surface area (Å²) in [6.07, 6.45) is 0.430. The monoisotopic (exact) mass is 463 g/mol. The van der Waals surface area contributed by atoms with Crippen LogP contribution in [-0.2, 0) is 13.0 Å². The number of carbonyl (C=O) groups is 2. The van der Waals surface area contributed by atoms with Crippen molar-refractivity contribution in [1.29, 1.82) is 0 Å². The van der Waals surface area contributed by atoms with Gasteiger partial charge in [0.2, 0.25) is 0 Å². The molecule has 2 amide bonds. The van der Waals surface area contributed by atoms with Crippen molar-refractivity contribution >= 4 is 28.8 Å². The Kier molecular flexibility index (Phi) is 6.00. The first kappa shape index (κ1) is 21.8. The lowest BCUT2D eigenvalue weighted by Crippen LogP contribution is -2.46. The lowest BCUT2D eigenvalue weighted by Gasteiger charge is -2.36. The molecule has 0 atom stereocenters. The Morgan fingerprint density at radius 2 is 1.76 bits per heavy atom. The minimum Gasteiger partial charge on any atom is -0.368 e. The molecule has 0 N–H and O–H groups in total. The van der Waals surface area contributed by atoms with Gasteiger partial charge in [-0.3, -0.25) is 19.4 Å². The van der Waals surface area contributed by atoms with Crippen LogP contribution in [0.25, 0.3) is 0 Å². The van der Waals surface area contributed by atoms with Crippen molar-refractivity contribution < 1.29 is 14.0 Å². The van der Waals surface area contributed by atoms with Crippen molar-refractivity contribution in [3.8, 4) is 0 Å². The number of piperazine rings is 1. The summed E-state index contributed by atoms with van der Waals surface area (Å²) in [5, 5.41) is 2.14. The third-order valence-corrected chi connectivity index (χ3v) is 7.55. The van der Waals surface area contributed by atoms with Crippen LogP contribution in [0.15, 0.2) is 53.9 Å². The molecule has 5 nitrogen and oxygen atoms in total. The maximum absolute atomic E-state index is 13.5. The first-order valence-corrected chi connectivity index (χ1v) is 12.1. The zero-order valence-electron chi connectivity index (χ0n) is 18.6. The van der Waals surface area contributed by atoms with Crippen LogP contribution in [0.5, 0.6) is 0 Å². The number of hydrogen-bond acceptors (Lipinski definition) is 5.